The summed E-state index contributed by atoms with van der Waals surface area (Å²) in [6.07, 6.45) is 6.33. The van der Waals surface area contributed by atoms with Crippen LogP contribution in [0.25, 0.3) is 0 Å². The molecule has 1 aromatic carbocycles. The first-order valence-electron chi connectivity index (χ1n) is 4.90. The topological polar surface area (TPSA) is 32.3 Å². The molecule has 0 saturated carbocycles. The van der Waals surface area contributed by atoms with E-state index in [0.29, 0.717) is 5.75 Å². The summed E-state index contributed by atoms with van der Waals surface area (Å²) in [4.78, 5) is 0. The average Bonchev–Trinajstić information content (AvgIpc) is 2.21. The average molecular weight is 191 g/mol. The summed E-state index contributed by atoms with van der Waals surface area (Å²) in [7, 11) is 1.95. The fourth-order valence-electron chi connectivity index (χ4n) is 1.20. The molecule has 2 heteroatoms. The molecule has 0 fully saturated rings. The van der Waals surface area contributed by atoms with Crippen LogP contribution in [0.3, 0.4) is 0 Å². The van der Waals surface area contributed by atoms with Gasteiger partial charge in [-0.15, -0.1) is 0 Å². The molecular weight excluding hydrogens is 174 g/mol. The predicted octanol–water partition coefficient (Wildman–Crippen LogP) is 2.10. The molecule has 0 unspecified atom stereocenters. The van der Waals surface area contributed by atoms with Crippen LogP contribution in [0.1, 0.15) is 12.0 Å². The number of allylic oxidation sites excluding steroid dienone is 1. The summed E-state index contributed by atoms with van der Waals surface area (Å²) in [6.45, 7) is 1.02. The number of phenolic OH excluding ortho intramolecular Hbond substituents is 1. The van der Waals surface area contributed by atoms with Crippen LogP contribution in [0, 0.1) is 0 Å². The highest BCUT2D eigenvalue weighted by atomic mass is 16.3. The van der Waals surface area contributed by atoms with Crippen molar-refractivity contribution in [2.24, 2.45) is 0 Å². The molecule has 0 heterocycles. The van der Waals surface area contributed by atoms with Gasteiger partial charge in [-0.1, -0.05) is 24.3 Å². The Morgan fingerprint density at radius 2 is 1.93 bits per heavy atom. The zero-order chi connectivity index (χ0) is 10.2. The molecule has 0 atom stereocenters. The van der Waals surface area contributed by atoms with E-state index in [-0.39, 0.29) is 0 Å². The number of benzene rings is 1. The monoisotopic (exact) mass is 191 g/mol. The lowest BCUT2D eigenvalue weighted by Crippen LogP contribution is -2.05. The first-order chi connectivity index (χ1) is 6.83. The highest BCUT2D eigenvalue weighted by Gasteiger charge is 1.89. The third-order valence-corrected chi connectivity index (χ3v) is 2.02. The second-order valence-electron chi connectivity index (χ2n) is 3.23. The zero-order valence-electron chi connectivity index (χ0n) is 8.53. The Kier molecular flexibility index (Phi) is 4.79. The molecule has 0 saturated heterocycles. The van der Waals surface area contributed by atoms with Gasteiger partial charge in [0.15, 0.2) is 0 Å². The van der Waals surface area contributed by atoms with Gasteiger partial charge in [0.25, 0.3) is 0 Å². The normalized spacial score (nSPS) is 10.9. The fraction of sp³-hybridized carbons (Fsp3) is 0.333. The molecule has 2 nitrogen and oxygen atoms in total. The van der Waals surface area contributed by atoms with Crippen molar-refractivity contribution in [1.82, 2.24) is 5.32 Å². The Morgan fingerprint density at radius 1 is 1.21 bits per heavy atom. The van der Waals surface area contributed by atoms with E-state index in [2.05, 4.69) is 17.5 Å². The van der Waals surface area contributed by atoms with Crippen LogP contribution in [0.4, 0.5) is 0 Å². The van der Waals surface area contributed by atoms with Crippen LogP contribution in [0.5, 0.6) is 5.75 Å². The highest BCUT2D eigenvalue weighted by Crippen LogP contribution is 2.10. The van der Waals surface area contributed by atoms with Gasteiger partial charge in [-0.05, 0) is 44.1 Å². The van der Waals surface area contributed by atoms with Crippen molar-refractivity contribution in [3.8, 4) is 5.75 Å². The quantitative estimate of drug-likeness (QED) is 0.552. The number of aromatic hydroxyl groups is 1. The Morgan fingerprint density at radius 3 is 2.57 bits per heavy atom. The third kappa shape index (κ3) is 4.10. The van der Waals surface area contributed by atoms with Crippen LogP contribution in [-0.4, -0.2) is 18.7 Å². The lowest BCUT2D eigenvalue weighted by Gasteiger charge is -1.96. The minimum Gasteiger partial charge on any atom is -0.508 e. The van der Waals surface area contributed by atoms with Crippen LogP contribution >= 0.6 is 0 Å². The van der Waals surface area contributed by atoms with E-state index < -0.39 is 0 Å². The second kappa shape index (κ2) is 6.22. The van der Waals surface area contributed by atoms with Crippen molar-refractivity contribution >= 4 is 0 Å². The molecule has 0 spiro atoms. The molecule has 0 aliphatic heterocycles. The molecule has 0 aromatic heterocycles. The van der Waals surface area contributed by atoms with Gasteiger partial charge >= 0.3 is 0 Å². The molecule has 0 bridgehead atoms. The fourth-order valence-corrected chi connectivity index (χ4v) is 1.20. The number of nitrogens with one attached hydrogen (secondary N) is 1. The molecule has 14 heavy (non-hydrogen) atoms. The van der Waals surface area contributed by atoms with Crippen LogP contribution in [0.15, 0.2) is 36.4 Å². The van der Waals surface area contributed by atoms with Gasteiger partial charge in [-0.25, -0.2) is 0 Å². The maximum atomic E-state index is 9.07. The van der Waals surface area contributed by atoms with E-state index in [0.717, 1.165) is 19.4 Å². The maximum Gasteiger partial charge on any atom is 0.115 e. The minimum atomic E-state index is 0.327. The van der Waals surface area contributed by atoms with E-state index in [1.54, 1.807) is 12.1 Å². The van der Waals surface area contributed by atoms with Crippen molar-refractivity contribution in [1.29, 1.82) is 0 Å². The summed E-state index contributed by atoms with van der Waals surface area (Å²) in [5.74, 6) is 0.327. The first kappa shape index (κ1) is 10.8. The summed E-state index contributed by atoms with van der Waals surface area (Å²) in [5, 5.41) is 12.2. The number of phenols is 1. The van der Waals surface area contributed by atoms with Gasteiger partial charge in [0.05, 0.1) is 0 Å². The summed E-state index contributed by atoms with van der Waals surface area (Å²) in [6, 6.07) is 7.32. The molecule has 0 radical (unpaired) electrons. The largest absolute Gasteiger partial charge is 0.508 e. The van der Waals surface area contributed by atoms with Gasteiger partial charge in [0, 0.05) is 0 Å². The number of hydrogen-bond donors (Lipinski definition) is 2. The predicted molar refractivity (Wildman–Crippen MR) is 59.5 cm³/mol. The van der Waals surface area contributed by atoms with E-state index in [9.17, 15) is 0 Å². The second-order valence-corrected chi connectivity index (χ2v) is 3.23. The van der Waals surface area contributed by atoms with Crippen molar-refractivity contribution in [2.45, 2.75) is 12.8 Å². The lowest BCUT2D eigenvalue weighted by molar-refractivity contribution is 0.475. The number of hydrogen-bond acceptors (Lipinski definition) is 2. The van der Waals surface area contributed by atoms with Gasteiger partial charge in [-0.3, -0.25) is 0 Å². The van der Waals surface area contributed by atoms with E-state index in [4.69, 9.17) is 5.11 Å². The Hall–Kier alpha value is -1.28. The molecule has 2 N–H and O–H groups in total. The van der Waals surface area contributed by atoms with Crippen LogP contribution < -0.4 is 5.32 Å². The molecule has 1 rings (SSSR count). The zero-order valence-corrected chi connectivity index (χ0v) is 8.53. The van der Waals surface area contributed by atoms with Gasteiger partial charge in [-0.2, -0.15) is 0 Å². The highest BCUT2D eigenvalue weighted by molar-refractivity contribution is 5.27. The van der Waals surface area contributed by atoms with Gasteiger partial charge < -0.3 is 10.4 Å². The first-order valence-corrected chi connectivity index (χ1v) is 4.90. The molecular formula is C12H17NO. The van der Waals surface area contributed by atoms with E-state index in [1.165, 1.54) is 5.56 Å². The summed E-state index contributed by atoms with van der Waals surface area (Å²) < 4.78 is 0. The van der Waals surface area contributed by atoms with Gasteiger partial charge in [0.1, 0.15) is 5.75 Å². The SMILES string of the molecule is CNCCC=CCc1ccc(O)cc1. The lowest BCUT2D eigenvalue weighted by atomic mass is 10.1. The number of rotatable bonds is 5. The van der Waals surface area contributed by atoms with Gasteiger partial charge in [0.2, 0.25) is 0 Å². The van der Waals surface area contributed by atoms with Crippen LogP contribution in [0.2, 0.25) is 0 Å². The molecule has 76 valence electrons. The molecule has 0 aliphatic rings. The van der Waals surface area contributed by atoms with Crippen molar-refractivity contribution in [3.05, 3.63) is 42.0 Å². The molecule has 0 amide bonds. The Bertz CT molecular complexity index is 277. The van der Waals surface area contributed by atoms with Crippen molar-refractivity contribution < 1.29 is 5.11 Å². The maximum absolute atomic E-state index is 9.07. The van der Waals surface area contributed by atoms with E-state index >= 15 is 0 Å². The Labute approximate surface area is 85.3 Å². The third-order valence-electron chi connectivity index (χ3n) is 2.02. The summed E-state index contributed by atoms with van der Waals surface area (Å²) in [5.41, 5.74) is 1.23. The Balaban J connectivity index is 2.30. The molecule has 0 aliphatic carbocycles. The van der Waals surface area contributed by atoms with Crippen molar-refractivity contribution in [2.75, 3.05) is 13.6 Å². The van der Waals surface area contributed by atoms with Crippen molar-refractivity contribution in [3.63, 3.8) is 0 Å². The minimum absolute atomic E-state index is 0.327. The smallest absolute Gasteiger partial charge is 0.115 e. The van der Waals surface area contributed by atoms with Crippen LogP contribution in [-0.2, 0) is 6.42 Å². The van der Waals surface area contributed by atoms with E-state index in [1.807, 2.05) is 19.2 Å². The standard InChI is InChI=1S/C12H17NO/c1-13-10-4-2-3-5-11-6-8-12(14)9-7-11/h2-3,6-9,13-14H,4-5,10H2,1H3. The summed E-state index contributed by atoms with van der Waals surface area (Å²) >= 11 is 0. The molecule has 1 aromatic rings.